The quantitative estimate of drug-likeness (QED) is 0.845. The molecule has 2 fully saturated rings. The minimum Gasteiger partial charge on any atom is -0.328 e. The Bertz CT molecular complexity index is 692. The zero-order chi connectivity index (χ0) is 16.5. The van der Waals surface area contributed by atoms with E-state index in [0.717, 1.165) is 17.9 Å². The molecule has 24 heavy (non-hydrogen) atoms. The molecule has 3 N–H and O–H groups in total. The number of hydrogen-bond donors (Lipinski definition) is 2. The third-order valence-electron chi connectivity index (χ3n) is 5.52. The van der Waals surface area contributed by atoms with Gasteiger partial charge in [0.15, 0.2) is 0 Å². The monoisotopic (exact) mass is 340 g/mol. The number of nitrogens with one attached hydrogen (secondary N) is 1. The molecule has 2 aromatic carbocycles. The Hall–Kier alpha value is -1.35. The molecule has 2 atom stereocenters. The van der Waals surface area contributed by atoms with E-state index in [1.165, 1.54) is 36.0 Å². The van der Waals surface area contributed by atoms with Crippen molar-refractivity contribution in [2.24, 2.45) is 5.73 Å². The molecule has 0 aliphatic heterocycles. The number of halogens is 1. The van der Waals surface area contributed by atoms with Crippen molar-refractivity contribution in [3.8, 4) is 11.1 Å². The van der Waals surface area contributed by atoms with Gasteiger partial charge in [0.25, 0.3) is 0 Å². The van der Waals surface area contributed by atoms with Crippen molar-refractivity contribution in [3.05, 3.63) is 59.1 Å². The molecule has 0 heterocycles. The standard InChI is InChI=1S/C21H25ClN2/c22-20-12-15(14-4-2-1-3-5-14)6-11-18(20)19-13-21(19)24-17-9-7-16(23)8-10-17/h1-6,11-12,16-17,19,21,24H,7-10,13,23H2. The van der Waals surface area contributed by atoms with Crippen LogP contribution in [0.25, 0.3) is 11.1 Å². The molecule has 0 bridgehead atoms. The maximum Gasteiger partial charge on any atom is 0.0447 e. The van der Waals surface area contributed by atoms with Gasteiger partial charge in [-0.15, -0.1) is 0 Å². The molecule has 2 aliphatic carbocycles. The van der Waals surface area contributed by atoms with E-state index in [2.05, 4.69) is 47.8 Å². The number of benzene rings is 2. The summed E-state index contributed by atoms with van der Waals surface area (Å²) in [6, 6.07) is 18.6. The molecule has 126 valence electrons. The summed E-state index contributed by atoms with van der Waals surface area (Å²) in [4.78, 5) is 0. The van der Waals surface area contributed by atoms with Crippen molar-refractivity contribution in [3.63, 3.8) is 0 Å². The van der Waals surface area contributed by atoms with Crippen LogP contribution < -0.4 is 11.1 Å². The molecule has 0 amide bonds. The first-order valence-corrected chi connectivity index (χ1v) is 9.45. The second kappa shape index (κ2) is 6.87. The van der Waals surface area contributed by atoms with E-state index in [1.807, 2.05) is 6.07 Å². The van der Waals surface area contributed by atoms with Crippen LogP contribution in [-0.2, 0) is 0 Å². The van der Waals surface area contributed by atoms with Crippen molar-refractivity contribution in [2.45, 2.75) is 56.1 Å². The Balaban J connectivity index is 1.41. The third kappa shape index (κ3) is 3.51. The Morgan fingerprint density at radius 1 is 0.917 bits per heavy atom. The van der Waals surface area contributed by atoms with E-state index < -0.39 is 0 Å². The largest absolute Gasteiger partial charge is 0.328 e. The van der Waals surface area contributed by atoms with Crippen LogP contribution in [0, 0.1) is 0 Å². The first-order chi connectivity index (χ1) is 11.7. The van der Waals surface area contributed by atoms with Gasteiger partial charge in [0.2, 0.25) is 0 Å². The van der Waals surface area contributed by atoms with Gasteiger partial charge < -0.3 is 11.1 Å². The van der Waals surface area contributed by atoms with Gasteiger partial charge in [-0.3, -0.25) is 0 Å². The molecule has 2 aromatic rings. The van der Waals surface area contributed by atoms with E-state index in [4.69, 9.17) is 17.3 Å². The minimum absolute atomic E-state index is 0.415. The van der Waals surface area contributed by atoms with E-state index in [-0.39, 0.29) is 0 Å². The molecule has 0 radical (unpaired) electrons. The predicted octanol–water partition coefficient (Wildman–Crippen LogP) is 4.72. The van der Waals surface area contributed by atoms with Gasteiger partial charge in [-0.1, -0.05) is 54.1 Å². The summed E-state index contributed by atoms with van der Waals surface area (Å²) < 4.78 is 0. The lowest BCUT2D eigenvalue weighted by molar-refractivity contribution is 0.339. The first kappa shape index (κ1) is 16.1. The maximum absolute atomic E-state index is 6.60. The highest BCUT2D eigenvalue weighted by molar-refractivity contribution is 6.31. The summed E-state index contributed by atoms with van der Waals surface area (Å²) in [6.45, 7) is 0. The van der Waals surface area contributed by atoms with Crippen LogP contribution in [0.1, 0.15) is 43.6 Å². The van der Waals surface area contributed by atoms with Crippen LogP contribution in [0.4, 0.5) is 0 Å². The molecule has 0 saturated heterocycles. The fourth-order valence-electron chi connectivity index (χ4n) is 3.95. The number of hydrogen-bond acceptors (Lipinski definition) is 2. The minimum atomic E-state index is 0.415. The van der Waals surface area contributed by atoms with E-state index in [1.54, 1.807) is 0 Å². The fourth-order valence-corrected chi connectivity index (χ4v) is 4.27. The zero-order valence-corrected chi connectivity index (χ0v) is 14.7. The first-order valence-electron chi connectivity index (χ1n) is 9.07. The maximum atomic E-state index is 6.60. The smallest absolute Gasteiger partial charge is 0.0447 e. The third-order valence-corrected chi connectivity index (χ3v) is 5.85. The van der Waals surface area contributed by atoms with Gasteiger partial charge in [0, 0.05) is 29.1 Å². The summed E-state index contributed by atoms with van der Waals surface area (Å²) in [5.74, 6) is 0.568. The van der Waals surface area contributed by atoms with Gasteiger partial charge >= 0.3 is 0 Å². The Labute approximate surface area is 149 Å². The van der Waals surface area contributed by atoms with Crippen LogP contribution in [0.15, 0.2) is 48.5 Å². The topological polar surface area (TPSA) is 38.0 Å². The molecule has 2 nitrogen and oxygen atoms in total. The van der Waals surface area contributed by atoms with Crippen molar-refractivity contribution in [1.82, 2.24) is 5.32 Å². The van der Waals surface area contributed by atoms with Crippen LogP contribution in [0.3, 0.4) is 0 Å². The normalized spacial score (nSPS) is 29.4. The highest BCUT2D eigenvalue weighted by Crippen LogP contribution is 2.45. The Kier molecular flexibility index (Phi) is 4.62. The van der Waals surface area contributed by atoms with Crippen LogP contribution in [-0.4, -0.2) is 18.1 Å². The highest BCUT2D eigenvalue weighted by Gasteiger charge is 2.40. The molecule has 2 aliphatic rings. The summed E-state index contributed by atoms with van der Waals surface area (Å²) in [6.07, 6.45) is 5.94. The van der Waals surface area contributed by atoms with Crippen molar-refractivity contribution in [1.29, 1.82) is 0 Å². The van der Waals surface area contributed by atoms with Gasteiger partial charge in [-0.25, -0.2) is 0 Å². The summed E-state index contributed by atoms with van der Waals surface area (Å²) in [5, 5.41) is 4.72. The molecule has 2 unspecified atom stereocenters. The zero-order valence-electron chi connectivity index (χ0n) is 13.9. The van der Waals surface area contributed by atoms with Crippen molar-refractivity contribution < 1.29 is 0 Å². The Morgan fingerprint density at radius 3 is 2.38 bits per heavy atom. The summed E-state index contributed by atoms with van der Waals surface area (Å²) in [5.41, 5.74) is 9.70. The van der Waals surface area contributed by atoms with Gasteiger partial charge in [-0.2, -0.15) is 0 Å². The second-order valence-corrected chi connectivity index (χ2v) is 7.74. The molecule has 2 saturated carbocycles. The fraction of sp³-hybridized carbons (Fsp3) is 0.429. The van der Waals surface area contributed by atoms with Gasteiger partial charge in [0.05, 0.1) is 0 Å². The molecule has 0 spiro atoms. The SMILES string of the molecule is NC1CCC(NC2CC2c2ccc(-c3ccccc3)cc2Cl)CC1. The molecule has 0 aromatic heterocycles. The van der Waals surface area contributed by atoms with E-state index in [0.29, 0.717) is 24.0 Å². The van der Waals surface area contributed by atoms with Gasteiger partial charge in [0.1, 0.15) is 0 Å². The average molecular weight is 341 g/mol. The summed E-state index contributed by atoms with van der Waals surface area (Å²) >= 11 is 6.60. The molecular formula is C21H25ClN2. The second-order valence-electron chi connectivity index (χ2n) is 7.33. The lowest BCUT2D eigenvalue weighted by Gasteiger charge is -2.27. The number of rotatable bonds is 4. The van der Waals surface area contributed by atoms with Crippen LogP contribution in [0.2, 0.25) is 5.02 Å². The van der Waals surface area contributed by atoms with E-state index in [9.17, 15) is 0 Å². The lowest BCUT2D eigenvalue weighted by Crippen LogP contribution is -2.38. The molecular weight excluding hydrogens is 316 g/mol. The molecule has 3 heteroatoms. The highest BCUT2D eigenvalue weighted by atomic mass is 35.5. The Morgan fingerprint density at radius 2 is 1.67 bits per heavy atom. The molecule has 4 rings (SSSR count). The number of nitrogens with two attached hydrogens (primary N) is 1. The van der Waals surface area contributed by atoms with Gasteiger partial charge in [-0.05, 0) is 54.9 Å². The predicted molar refractivity (Wildman–Crippen MR) is 101 cm³/mol. The lowest BCUT2D eigenvalue weighted by atomic mass is 9.92. The summed E-state index contributed by atoms with van der Waals surface area (Å²) in [7, 11) is 0. The van der Waals surface area contributed by atoms with Crippen LogP contribution in [0.5, 0.6) is 0 Å². The van der Waals surface area contributed by atoms with Crippen molar-refractivity contribution >= 4 is 11.6 Å². The average Bonchev–Trinajstić information content (AvgIpc) is 3.36. The van der Waals surface area contributed by atoms with Crippen molar-refractivity contribution in [2.75, 3.05) is 0 Å². The van der Waals surface area contributed by atoms with Crippen LogP contribution >= 0.6 is 11.6 Å². The van der Waals surface area contributed by atoms with E-state index >= 15 is 0 Å².